The van der Waals surface area contributed by atoms with E-state index in [1.54, 1.807) is 0 Å². The second-order valence-electron chi connectivity index (χ2n) is 5.23. The number of carbonyl (C=O) groups is 1. The fourth-order valence-electron chi connectivity index (χ4n) is 2.44. The predicted octanol–water partition coefficient (Wildman–Crippen LogP) is 2.01. The summed E-state index contributed by atoms with van der Waals surface area (Å²) in [5.74, 6) is 0.149. The lowest BCUT2D eigenvalue weighted by atomic mass is 9.76. The van der Waals surface area contributed by atoms with E-state index in [0.717, 1.165) is 25.7 Å². The van der Waals surface area contributed by atoms with Crippen LogP contribution >= 0.6 is 0 Å². The Kier molecular flexibility index (Phi) is 4.37. The van der Waals surface area contributed by atoms with Gasteiger partial charge in [0.1, 0.15) is 0 Å². The van der Waals surface area contributed by atoms with Gasteiger partial charge in [-0.2, -0.15) is 0 Å². The van der Waals surface area contributed by atoms with Crippen LogP contribution in [0.5, 0.6) is 0 Å². The van der Waals surface area contributed by atoms with Gasteiger partial charge in [0.25, 0.3) is 0 Å². The predicted molar refractivity (Wildman–Crippen MR) is 73.2 cm³/mol. The van der Waals surface area contributed by atoms with Crippen LogP contribution in [0.3, 0.4) is 0 Å². The molecule has 1 saturated carbocycles. The Morgan fingerprint density at radius 1 is 1.28 bits per heavy atom. The molecule has 0 heterocycles. The number of rotatable bonds is 6. The van der Waals surface area contributed by atoms with Crippen molar-refractivity contribution < 1.29 is 4.79 Å². The molecule has 98 valence electrons. The van der Waals surface area contributed by atoms with Crippen LogP contribution in [0.1, 0.15) is 37.7 Å². The number of hydrogen-bond acceptors (Lipinski definition) is 2. The molecule has 18 heavy (non-hydrogen) atoms. The largest absolute Gasteiger partial charge is 0.349 e. The number of hydrogen-bond donors (Lipinski definition) is 2. The highest BCUT2D eigenvalue weighted by molar-refractivity contribution is 5.77. The molecule has 1 aliphatic rings. The number of benzene rings is 1. The van der Waals surface area contributed by atoms with E-state index >= 15 is 0 Å². The van der Waals surface area contributed by atoms with Crippen molar-refractivity contribution in [1.29, 1.82) is 0 Å². The first-order valence-corrected chi connectivity index (χ1v) is 6.79. The van der Waals surface area contributed by atoms with Gasteiger partial charge >= 0.3 is 0 Å². The second-order valence-corrected chi connectivity index (χ2v) is 5.23. The summed E-state index contributed by atoms with van der Waals surface area (Å²) in [6.45, 7) is 0.567. The van der Waals surface area contributed by atoms with Gasteiger partial charge in [0.2, 0.25) is 5.91 Å². The number of amides is 1. The quantitative estimate of drug-likeness (QED) is 0.806. The Morgan fingerprint density at radius 2 is 2.00 bits per heavy atom. The number of nitrogens with one attached hydrogen (secondary N) is 1. The zero-order valence-corrected chi connectivity index (χ0v) is 10.8. The van der Waals surface area contributed by atoms with Crippen LogP contribution in [-0.4, -0.2) is 18.0 Å². The zero-order chi connectivity index (χ0) is 12.8. The van der Waals surface area contributed by atoms with Gasteiger partial charge in [-0.1, -0.05) is 30.3 Å². The highest BCUT2D eigenvalue weighted by Gasteiger charge is 2.36. The van der Waals surface area contributed by atoms with E-state index in [1.807, 2.05) is 18.2 Å². The van der Waals surface area contributed by atoms with E-state index in [-0.39, 0.29) is 11.4 Å². The molecule has 0 aliphatic heterocycles. The normalized spacial score (nSPS) is 16.9. The van der Waals surface area contributed by atoms with Gasteiger partial charge in [-0.15, -0.1) is 0 Å². The molecular weight excluding hydrogens is 224 g/mol. The third-order valence-corrected chi connectivity index (χ3v) is 3.82. The van der Waals surface area contributed by atoms with Crippen LogP contribution in [0.15, 0.2) is 30.3 Å². The van der Waals surface area contributed by atoms with Crippen LogP contribution < -0.4 is 11.1 Å². The molecule has 0 spiro atoms. The van der Waals surface area contributed by atoms with Crippen molar-refractivity contribution in [3.63, 3.8) is 0 Å². The maximum Gasteiger partial charge on any atom is 0.220 e. The third-order valence-electron chi connectivity index (χ3n) is 3.82. The molecule has 0 aromatic heterocycles. The first kappa shape index (κ1) is 13.1. The molecule has 2 rings (SSSR count). The molecule has 3 nitrogen and oxygen atoms in total. The lowest BCUT2D eigenvalue weighted by molar-refractivity contribution is -0.124. The topological polar surface area (TPSA) is 55.1 Å². The first-order valence-electron chi connectivity index (χ1n) is 6.79. The molecule has 0 unspecified atom stereocenters. The molecule has 0 bridgehead atoms. The lowest BCUT2D eigenvalue weighted by Crippen LogP contribution is -2.58. The molecular formula is C15H22N2O. The molecule has 1 aliphatic carbocycles. The van der Waals surface area contributed by atoms with Gasteiger partial charge in [0, 0.05) is 13.0 Å². The number of nitrogens with two attached hydrogens (primary N) is 1. The Balaban J connectivity index is 1.69. The molecule has 0 saturated heterocycles. The van der Waals surface area contributed by atoms with E-state index in [1.165, 1.54) is 12.0 Å². The van der Waals surface area contributed by atoms with Gasteiger partial charge in [-0.3, -0.25) is 4.79 Å². The Bertz CT molecular complexity index is 379. The average Bonchev–Trinajstić information content (AvgIpc) is 2.35. The summed E-state index contributed by atoms with van der Waals surface area (Å²) < 4.78 is 0. The summed E-state index contributed by atoms with van der Waals surface area (Å²) in [7, 11) is 0. The first-order chi connectivity index (χ1) is 8.74. The summed E-state index contributed by atoms with van der Waals surface area (Å²) in [5, 5.41) is 3.10. The van der Waals surface area contributed by atoms with Crippen LogP contribution in [0.25, 0.3) is 0 Å². The standard InChI is InChI=1S/C15H22N2O/c16-12-15(10-5-11-15)17-14(18)9-4-8-13-6-2-1-3-7-13/h1-3,6-7H,4-5,8-12,16H2,(H,17,18). The minimum absolute atomic E-state index is 0.0795. The van der Waals surface area contributed by atoms with Crippen molar-refractivity contribution in [2.75, 3.05) is 6.54 Å². The Labute approximate surface area is 109 Å². The Morgan fingerprint density at radius 3 is 2.56 bits per heavy atom. The van der Waals surface area contributed by atoms with Crippen molar-refractivity contribution in [3.8, 4) is 0 Å². The number of aryl methyl sites for hydroxylation is 1. The van der Waals surface area contributed by atoms with E-state index in [9.17, 15) is 4.79 Å². The highest BCUT2D eigenvalue weighted by atomic mass is 16.1. The van der Waals surface area contributed by atoms with Gasteiger partial charge in [0.05, 0.1) is 5.54 Å². The minimum Gasteiger partial charge on any atom is -0.349 e. The van der Waals surface area contributed by atoms with E-state index in [2.05, 4.69) is 17.4 Å². The van der Waals surface area contributed by atoms with Crippen molar-refractivity contribution in [1.82, 2.24) is 5.32 Å². The molecule has 1 aromatic carbocycles. The van der Waals surface area contributed by atoms with E-state index < -0.39 is 0 Å². The minimum atomic E-state index is -0.0795. The summed E-state index contributed by atoms with van der Waals surface area (Å²) in [4.78, 5) is 11.8. The fourth-order valence-corrected chi connectivity index (χ4v) is 2.44. The SMILES string of the molecule is NCC1(NC(=O)CCCc2ccccc2)CCC1. The van der Waals surface area contributed by atoms with Crippen molar-refractivity contribution in [3.05, 3.63) is 35.9 Å². The smallest absolute Gasteiger partial charge is 0.220 e. The van der Waals surface area contributed by atoms with Gasteiger partial charge in [-0.25, -0.2) is 0 Å². The van der Waals surface area contributed by atoms with Crippen LogP contribution in [0.2, 0.25) is 0 Å². The lowest BCUT2D eigenvalue weighted by Gasteiger charge is -2.41. The summed E-state index contributed by atoms with van der Waals surface area (Å²) in [6, 6.07) is 10.3. The zero-order valence-electron chi connectivity index (χ0n) is 10.8. The van der Waals surface area contributed by atoms with Crippen LogP contribution in [0, 0.1) is 0 Å². The molecule has 0 radical (unpaired) electrons. The summed E-state index contributed by atoms with van der Waals surface area (Å²) in [5.41, 5.74) is 6.94. The molecule has 1 aromatic rings. The monoisotopic (exact) mass is 246 g/mol. The molecule has 3 heteroatoms. The summed E-state index contributed by atoms with van der Waals surface area (Å²) >= 11 is 0. The maximum atomic E-state index is 11.8. The molecule has 3 N–H and O–H groups in total. The maximum absolute atomic E-state index is 11.8. The van der Waals surface area contributed by atoms with Gasteiger partial charge < -0.3 is 11.1 Å². The van der Waals surface area contributed by atoms with Crippen molar-refractivity contribution in [2.45, 2.75) is 44.1 Å². The highest BCUT2D eigenvalue weighted by Crippen LogP contribution is 2.30. The fraction of sp³-hybridized carbons (Fsp3) is 0.533. The Hall–Kier alpha value is -1.35. The van der Waals surface area contributed by atoms with Crippen molar-refractivity contribution in [2.24, 2.45) is 5.73 Å². The van der Waals surface area contributed by atoms with Gasteiger partial charge in [-0.05, 0) is 37.7 Å². The molecule has 0 atom stereocenters. The molecule has 1 amide bonds. The third kappa shape index (κ3) is 3.33. The summed E-state index contributed by atoms with van der Waals surface area (Å²) in [6.07, 6.45) is 5.71. The van der Waals surface area contributed by atoms with E-state index in [4.69, 9.17) is 5.73 Å². The van der Waals surface area contributed by atoms with Crippen LogP contribution in [-0.2, 0) is 11.2 Å². The van der Waals surface area contributed by atoms with Gasteiger partial charge in [0.15, 0.2) is 0 Å². The average molecular weight is 246 g/mol. The molecule has 1 fully saturated rings. The van der Waals surface area contributed by atoms with Crippen LogP contribution in [0.4, 0.5) is 0 Å². The van der Waals surface area contributed by atoms with E-state index in [0.29, 0.717) is 13.0 Å². The number of carbonyl (C=O) groups excluding carboxylic acids is 1. The second kappa shape index (κ2) is 6.01. The van der Waals surface area contributed by atoms with Crippen molar-refractivity contribution >= 4 is 5.91 Å².